The van der Waals surface area contributed by atoms with Crippen LogP contribution in [0.5, 0.6) is 11.5 Å². The number of hydrogen-bond donors (Lipinski definition) is 1. The predicted molar refractivity (Wildman–Crippen MR) is 68.8 cm³/mol. The van der Waals surface area contributed by atoms with E-state index in [-0.39, 0.29) is 11.6 Å². The summed E-state index contributed by atoms with van der Waals surface area (Å²) in [5.74, 6) is 0.558. The van der Waals surface area contributed by atoms with Crippen LogP contribution in [0.4, 0.5) is 5.69 Å². The van der Waals surface area contributed by atoms with E-state index in [1.165, 1.54) is 6.07 Å². The maximum atomic E-state index is 11.2. The molecule has 0 saturated heterocycles. The third kappa shape index (κ3) is 2.63. The lowest BCUT2D eigenvalue weighted by atomic mass is 9.92. The Balaban J connectivity index is 2.48. The molecular formula is C13H17NO5. The zero-order chi connectivity index (χ0) is 14.0. The molecule has 0 radical (unpaired) electrons. The lowest BCUT2D eigenvalue weighted by molar-refractivity contribution is -0.385. The van der Waals surface area contributed by atoms with E-state index in [9.17, 15) is 15.2 Å². The lowest BCUT2D eigenvalue weighted by Crippen LogP contribution is -2.19. The maximum Gasteiger partial charge on any atom is 0.276 e. The van der Waals surface area contributed by atoms with Crippen LogP contribution in [-0.2, 0) is 0 Å². The van der Waals surface area contributed by atoms with Crippen LogP contribution in [0.1, 0.15) is 31.7 Å². The van der Waals surface area contributed by atoms with Crippen molar-refractivity contribution in [3.05, 3.63) is 27.8 Å². The van der Waals surface area contributed by atoms with Gasteiger partial charge in [-0.15, -0.1) is 0 Å². The first-order valence-electron chi connectivity index (χ1n) is 6.30. The Morgan fingerprint density at radius 1 is 1.37 bits per heavy atom. The van der Waals surface area contributed by atoms with E-state index in [0.29, 0.717) is 36.7 Å². The van der Waals surface area contributed by atoms with Gasteiger partial charge in [-0.25, -0.2) is 0 Å². The number of aliphatic hydroxyl groups is 1. The van der Waals surface area contributed by atoms with Gasteiger partial charge in [0.2, 0.25) is 0 Å². The highest BCUT2D eigenvalue weighted by molar-refractivity contribution is 5.56. The highest BCUT2D eigenvalue weighted by Crippen LogP contribution is 2.40. The molecule has 1 aromatic rings. The second kappa shape index (κ2) is 5.44. The standard InChI is InChI=1S/C13H17NO5/c1-3-11(15)8(2)9-6-12-13(19-5-4-18-12)7-10(9)14(16)17/h6-8,11,15H,3-5H2,1-2H3. The minimum Gasteiger partial charge on any atom is -0.486 e. The Bertz CT molecular complexity index is 488. The van der Waals surface area contributed by atoms with Crippen molar-refractivity contribution >= 4 is 5.69 Å². The monoisotopic (exact) mass is 267 g/mol. The minimum atomic E-state index is -0.624. The van der Waals surface area contributed by atoms with E-state index < -0.39 is 11.0 Å². The minimum absolute atomic E-state index is 0.0377. The molecule has 1 N–H and O–H groups in total. The number of nitro benzene ring substituents is 1. The van der Waals surface area contributed by atoms with Crippen LogP contribution in [0, 0.1) is 10.1 Å². The Hall–Kier alpha value is -1.82. The average Bonchev–Trinajstić information content (AvgIpc) is 2.44. The SMILES string of the molecule is CCC(O)C(C)c1cc2c(cc1[N+](=O)[O-])OCCO2. The zero-order valence-corrected chi connectivity index (χ0v) is 11.0. The van der Waals surface area contributed by atoms with Gasteiger partial charge in [0.25, 0.3) is 5.69 Å². The fourth-order valence-corrected chi connectivity index (χ4v) is 2.18. The molecule has 0 amide bonds. The van der Waals surface area contributed by atoms with Crippen molar-refractivity contribution in [1.82, 2.24) is 0 Å². The number of rotatable bonds is 4. The molecule has 6 heteroatoms. The van der Waals surface area contributed by atoms with Crippen LogP contribution < -0.4 is 9.47 Å². The lowest BCUT2D eigenvalue weighted by Gasteiger charge is -2.22. The van der Waals surface area contributed by atoms with Crippen LogP contribution in [0.2, 0.25) is 0 Å². The van der Waals surface area contributed by atoms with Crippen molar-refractivity contribution in [3.63, 3.8) is 0 Å². The molecule has 2 rings (SSSR count). The van der Waals surface area contributed by atoms with Crippen molar-refractivity contribution in [2.75, 3.05) is 13.2 Å². The molecule has 2 atom stereocenters. The van der Waals surface area contributed by atoms with E-state index in [1.54, 1.807) is 13.0 Å². The number of aliphatic hydroxyl groups excluding tert-OH is 1. The number of benzene rings is 1. The van der Waals surface area contributed by atoms with Gasteiger partial charge < -0.3 is 14.6 Å². The molecule has 1 aliphatic rings. The first-order valence-corrected chi connectivity index (χ1v) is 6.30. The van der Waals surface area contributed by atoms with Gasteiger partial charge in [-0.05, 0) is 12.5 Å². The van der Waals surface area contributed by atoms with Gasteiger partial charge in [0.1, 0.15) is 13.2 Å². The Morgan fingerprint density at radius 2 is 1.95 bits per heavy atom. The molecule has 1 aromatic carbocycles. The molecule has 0 spiro atoms. The molecule has 104 valence electrons. The summed E-state index contributed by atoms with van der Waals surface area (Å²) in [5, 5.41) is 21.0. The van der Waals surface area contributed by atoms with Crippen molar-refractivity contribution in [3.8, 4) is 11.5 Å². The average molecular weight is 267 g/mol. The Kier molecular flexibility index (Phi) is 3.90. The van der Waals surface area contributed by atoms with Gasteiger partial charge in [0.15, 0.2) is 11.5 Å². The van der Waals surface area contributed by atoms with Crippen molar-refractivity contribution in [1.29, 1.82) is 0 Å². The smallest absolute Gasteiger partial charge is 0.276 e. The number of hydrogen-bond acceptors (Lipinski definition) is 5. The van der Waals surface area contributed by atoms with E-state index in [2.05, 4.69) is 0 Å². The first kappa shape index (κ1) is 13.6. The van der Waals surface area contributed by atoms with E-state index >= 15 is 0 Å². The summed E-state index contributed by atoms with van der Waals surface area (Å²) >= 11 is 0. The molecule has 0 bridgehead atoms. The van der Waals surface area contributed by atoms with Crippen molar-refractivity contribution in [2.45, 2.75) is 32.3 Å². The summed E-state index contributed by atoms with van der Waals surface area (Å²) in [4.78, 5) is 10.7. The highest BCUT2D eigenvalue weighted by Gasteiger charge is 2.27. The summed E-state index contributed by atoms with van der Waals surface area (Å²) in [6.45, 7) is 4.42. The molecule has 0 saturated carbocycles. The molecule has 0 aliphatic carbocycles. The van der Waals surface area contributed by atoms with E-state index in [1.807, 2.05) is 6.92 Å². The topological polar surface area (TPSA) is 81.8 Å². The van der Waals surface area contributed by atoms with Crippen molar-refractivity contribution < 1.29 is 19.5 Å². The maximum absolute atomic E-state index is 11.2. The molecule has 0 aromatic heterocycles. The molecular weight excluding hydrogens is 250 g/mol. The summed E-state index contributed by atoms with van der Waals surface area (Å²) in [6, 6.07) is 2.98. The summed E-state index contributed by atoms with van der Waals surface area (Å²) in [6.07, 6.45) is -0.0893. The molecule has 6 nitrogen and oxygen atoms in total. The molecule has 19 heavy (non-hydrogen) atoms. The van der Waals surface area contributed by atoms with Crippen molar-refractivity contribution in [2.24, 2.45) is 0 Å². The molecule has 0 fully saturated rings. The van der Waals surface area contributed by atoms with Gasteiger partial charge in [-0.3, -0.25) is 10.1 Å². The third-order valence-corrected chi connectivity index (χ3v) is 3.37. The number of nitro groups is 1. The van der Waals surface area contributed by atoms with Crippen LogP contribution in [-0.4, -0.2) is 29.3 Å². The zero-order valence-electron chi connectivity index (χ0n) is 11.0. The summed E-state index contributed by atoms with van der Waals surface area (Å²) < 4.78 is 10.8. The number of ether oxygens (including phenoxy) is 2. The van der Waals surface area contributed by atoms with E-state index in [0.717, 1.165) is 0 Å². The van der Waals surface area contributed by atoms with Crippen LogP contribution in [0.15, 0.2) is 12.1 Å². The van der Waals surface area contributed by atoms with Gasteiger partial charge in [-0.1, -0.05) is 13.8 Å². The second-order valence-corrected chi connectivity index (χ2v) is 4.58. The molecule has 1 aliphatic heterocycles. The van der Waals surface area contributed by atoms with Gasteiger partial charge in [0, 0.05) is 11.5 Å². The van der Waals surface area contributed by atoms with Crippen LogP contribution in [0.25, 0.3) is 0 Å². The van der Waals surface area contributed by atoms with Crippen LogP contribution in [0.3, 0.4) is 0 Å². The quantitative estimate of drug-likeness (QED) is 0.668. The molecule has 2 unspecified atom stereocenters. The third-order valence-electron chi connectivity index (χ3n) is 3.37. The Morgan fingerprint density at radius 3 is 2.47 bits per heavy atom. The summed E-state index contributed by atoms with van der Waals surface area (Å²) in [7, 11) is 0. The van der Waals surface area contributed by atoms with Gasteiger partial charge in [0.05, 0.1) is 17.1 Å². The largest absolute Gasteiger partial charge is 0.486 e. The fourth-order valence-electron chi connectivity index (χ4n) is 2.18. The van der Waals surface area contributed by atoms with Gasteiger partial charge >= 0.3 is 0 Å². The summed E-state index contributed by atoms with van der Waals surface area (Å²) in [5.41, 5.74) is 0.438. The second-order valence-electron chi connectivity index (χ2n) is 4.58. The number of nitrogens with zero attached hydrogens (tertiary/aromatic N) is 1. The van der Waals surface area contributed by atoms with Gasteiger partial charge in [-0.2, -0.15) is 0 Å². The Labute approximate surface area is 111 Å². The molecule has 1 heterocycles. The predicted octanol–water partition coefficient (Wildman–Crippen LogP) is 2.24. The normalized spacial score (nSPS) is 16.8. The highest BCUT2D eigenvalue weighted by atomic mass is 16.6. The fraction of sp³-hybridized carbons (Fsp3) is 0.538. The first-order chi connectivity index (χ1) is 9.04. The van der Waals surface area contributed by atoms with Crippen LogP contribution >= 0.6 is 0 Å². The van der Waals surface area contributed by atoms with E-state index in [4.69, 9.17) is 9.47 Å². The number of fused-ring (bicyclic) bond motifs is 1.